The quantitative estimate of drug-likeness (QED) is 0.0205. The minimum absolute atomic E-state index is 0.0320. The molecule has 0 saturated heterocycles. The fourth-order valence-electron chi connectivity index (χ4n) is 7.97. The van der Waals surface area contributed by atoms with Crippen LogP contribution in [0.25, 0.3) is 0 Å². The molecule has 406 valence electrons. The normalized spacial score (nSPS) is 14.3. The number of esters is 1. The Kier molecular flexibility index (Phi) is 48.2. The van der Waals surface area contributed by atoms with Gasteiger partial charge in [0.1, 0.15) is 19.3 Å². The molecule has 0 aromatic heterocycles. The Morgan fingerprint density at radius 3 is 1.39 bits per heavy atom. The molecule has 10 heteroatoms. The molecule has 0 aromatic rings. The van der Waals surface area contributed by atoms with Crippen molar-refractivity contribution in [3.8, 4) is 0 Å². The second-order valence-electron chi connectivity index (χ2n) is 20.4. The summed E-state index contributed by atoms with van der Waals surface area (Å²) in [6, 6.07) is -0.865. The Labute approximate surface area is 432 Å². The molecule has 0 bridgehead atoms. The van der Waals surface area contributed by atoms with Gasteiger partial charge in [-0.3, -0.25) is 18.6 Å². The third-order valence-electron chi connectivity index (χ3n) is 12.4. The molecule has 1 amide bonds. The zero-order valence-electron chi connectivity index (χ0n) is 46.2. The van der Waals surface area contributed by atoms with Crippen LogP contribution < -0.4 is 5.32 Å². The number of rotatable bonds is 51. The van der Waals surface area contributed by atoms with Crippen molar-refractivity contribution < 1.29 is 37.3 Å². The zero-order chi connectivity index (χ0) is 51.5. The maximum atomic E-state index is 13.5. The fraction of sp³-hybridized carbons (Fsp3) is 0.767. The first-order valence-electron chi connectivity index (χ1n) is 28.8. The highest BCUT2D eigenvalue weighted by Gasteiger charge is 2.30. The lowest BCUT2D eigenvalue weighted by Gasteiger charge is -2.27. The highest BCUT2D eigenvalue weighted by molar-refractivity contribution is 7.47. The minimum atomic E-state index is -4.45. The summed E-state index contributed by atoms with van der Waals surface area (Å²) in [6.45, 7) is 6.86. The molecular weight excluding hydrogens is 892 g/mol. The van der Waals surface area contributed by atoms with Gasteiger partial charge in [-0.1, -0.05) is 229 Å². The average molecular weight is 1000 g/mol. The van der Waals surface area contributed by atoms with Crippen molar-refractivity contribution in [3.63, 3.8) is 0 Å². The van der Waals surface area contributed by atoms with E-state index in [1.54, 1.807) is 0 Å². The van der Waals surface area contributed by atoms with Crippen molar-refractivity contribution in [2.45, 2.75) is 258 Å². The van der Waals surface area contributed by atoms with Crippen LogP contribution in [-0.2, 0) is 27.9 Å². The number of carbonyl (C=O) groups is 2. The standard InChI is InChI=1S/C60H109N2O7P/c1-7-10-13-16-19-22-25-28-29-30-31-32-33-35-37-40-43-46-49-52-59(63)61-57(56-68-70(65,66)67-55-54-62(4,5)6)58(51-48-45-42-39-36-27-24-21-18-15-12-9-3)69-60(64)53-50-47-44-41-38-34-26-23-20-17-14-11-8-2/h10,13,19,22,28-29,31-32,35,37,48,51,57-58H,7-9,11-12,14-18,20-21,23-27,30,33-34,36,38-47,49-50,52-56H2,1-6H3,(H-,61,63,65,66)/p+1/b13-10-,22-19-,29-28-,32-31-,37-35-,51-48-. The van der Waals surface area contributed by atoms with Gasteiger partial charge in [0, 0.05) is 12.8 Å². The maximum absolute atomic E-state index is 13.5. The Morgan fingerprint density at radius 1 is 0.514 bits per heavy atom. The number of unbranched alkanes of at least 4 members (excludes halogenated alkanes) is 25. The predicted octanol–water partition coefficient (Wildman–Crippen LogP) is 17.3. The third kappa shape index (κ3) is 50.4. The Balaban J connectivity index is 5.39. The van der Waals surface area contributed by atoms with E-state index in [0.717, 1.165) is 89.9 Å². The Bertz CT molecular complexity index is 1430. The molecular formula is C60H110N2O7P+. The molecule has 0 aliphatic heterocycles. The number of amides is 1. The molecule has 0 rings (SSSR count). The molecule has 0 aliphatic carbocycles. The molecule has 0 aromatic carbocycles. The van der Waals surface area contributed by atoms with Crippen molar-refractivity contribution in [2.75, 3.05) is 40.9 Å². The van der Waals surface area contributed by atoms with Gasteiger partial charge in [-0.25, -0.2) is 4.57 Å². The van der Waals surface area contributed by atoms with E-state index in [-0.39, 0.29) is 31.5 Å². The first-order chi connectivity index (χ1) is 33.9. The Hall–Kier alpha value is -2.55. The van der Waals surface area contributed by atoms with Gasteiger partial charge >= 0.3 is 13.8 Å². The van der Waals surface area contributed by atoms with Crippen molar-refractivity contribution in [1.29, 1.82) is 0 Å². The summed E-state index contributed by atoms with van der Waals surface area (Å²) < 4.78 is 30.6. The third-order valence-corrected chi connectivity index (χ3v) is 13.4. The van der Waals surface area contributed by atoms with Crippen LogP contribution in [0.3, 0.4) is 0 Å². The molecule has 0 fully saturated rings. The molecule has 0 aliphatic rings. The summed E-state index contributed by atoms with van der Waals surface area (Å²) >= 11 is 0. The van der Waals surface area contributed by atoms with E-state index in [1.165, 1.54) is 116 Å². The number of carbonyl (C=O) groups excluding carboxylic acids is 2. The molecule has 3 unspecified atom stereocenters. The van der Waals surface area contributed by atoms with Gasteiger partial charge in [0.2, 0.25) is 5.91 Å². The summed E-state index contributed by atoms with van der Waals surface area (Å²) in [5.41, 5.74) is 0. The van der Waals surface area contributed by atoms with Crippen LogP contribution >= 0.6 is 7.82 Å². The topological polar surface area (TPSA) is 111 Å². The predicted molar refractivity (Wildman–Crippen MR) is 300 cm³/mol. The van der Waals surface area contributed by atoms with Crippen LogP contribution in [0, 0.1) is 0 Å². The van der Waals surface area contributed by atoms with E-state index in [4.69, 9.17) is 13.8 Å². The average Bonchev–Trinajstić information content (AvgIpc) is 3.32. The SMILES string of the molecule is CC/C=C\C/C=C\C/C=C\C/C=C\C/C=C\CCCCCC(=O)NC(COP(=O)(O)OCC[N+](C)(C)C)C(/C=C\CCCCCCCCCCCC)OC(=O)CCCCCCCCCCCCCCC. The van der Waals surface area contributed by atoms with Gasteiger partial charge in [-0.05, 0) is 76.7 Å². The van der Waals surface area contributed by atoms with Gasteiger partial charge in [-0.2, -0.15) is 0 Å². The first kappa shape index (κ1) is 67.5. The molecule has 0 spiro atoms. The number of hydrogen-bond donors (Lipinski definition) is 2. The number of likely N-dealkylation sites (N-methyl/N-ethyl adjacent to an activating group) is 1. The van der Waals surface area contributed by atoms with Crippen LogP contribution in [0.1, 0.15) is 245 Å². The summed E-state index contributed by atoms with van der Waals surface area (Å²) in [4.78, 5) is 37.6. The molecule has 2 N–H and O–H groups in total. The van der Waals surface area contributed by atoms with Crippen molar-refractivity contribution >= 4 is 19.7 Å². The fourth-order valence-corrected chi connectivity index (χ4v) is 8.70. The van der Waals surface area contributed by atoms with Crippen LogP contribution in [0.15, 0.2) is 72.9 Å². The van der Waals surface area contributed by atoms with Gasteiger partial charge < -0.3 is 19.4 Å². The van der Waals surface area contributed by atoms with Gasteiger partial charge in [0.25, 0.3) is 0 Å². The zero-order valence-corrected chi connectivity index (χ0v) is 47.1. The summed E-state index contributed by atoms with van der Waals surface area (Å²) in [6.07, 6.45) is 63.2. The van der Waals surface area contributed by atoms with E-state index >= 15 is 0 Å². The van der Waals surface area contributed by atoms with E-state index in [9.17, 15) is 19.0 Å². The molecule has 3 atom stereocenters. The second kappa shape index (κ2) is 50.0. The lowest BCUT2D eigenvalue weighted by atomic mass is 10.0. The minimum Gasteiger partial charge on any atom is -0.456 e. The maximum Gasteiger partial charge on any atom is 0.472 e. The van der Waals surface area contributed by atoms with Crippen LogP contribution in [0.4, 0.5) is 0 Å². The molecule has 0 radical (unpaired) electrons. The molecule has 0 saturated carbocycles. The van der Waals surface area contributed by atoms with Crippen molar-refractivity contribution in [3.05, 3.63) is 72.9 Å². The number of allylic oxidation sites excluding steroid dienone is 11. The number of quaternary nitrogens is 1. The first-order valence-corrected chi connectivity index (χ1v) is 30.3. The van der Waals surface area contributed by atoms with Crippen molar-refractivity contribution in [1.82, 2.24) is 5.32 Å². The van der Waals surface area contributed by atoms with Gasteiger partial charge in [-0.15, -0.1) is 0 Å². The molecule has 9 nitrogen and oxygen atoms in total. The van der Waals surface area contributed by atoms with Crippen LogP contribution in [0.5, 0.6) is 0 Å². The van der Waals surface area contributed by atoms with Crippen LogP contribution in [0.2, 0.25) is 0 Å². The lowest BCUT2D eigenvalue weighted by molar-refractivity contribution is -0.870. The smallest absolute Gasteiger partial charge is 0.456 e. The summed E-state index contributed by atoms with van der Waals surface area (Å²) in [5.74, 6) is -0.542. The molecule has 70 heavy (non-hydrogen) atoms. The monoisotopic (exact) mass is 1000 g/mol. The second-order valence-corrected chi connectivity index (χ2v) is 21.9. The van der Waals surface area contributed by atoms with E-state index < -0.39 is 20.0 Å². The van der Waals surface area contributed by atoms with E-state index in [2.05, 4.69) is 86.8 Å². The summed E-state index contributed by atoms with van der Waals surface area (Å²) in [5, 5.41) is 3.03. The van der Waals surface area contributed by atoms with E-state index in [1.807, 2.05) is 33.3 Å². The number of hydrogen-bond acceptors (Lipinski definition) is 6. The number of phosphoric ester groups is 1. The van der Waals surface area contributed by atoms with Crippen molar-refractivity contribution in [2.24, 2.45) is 0 Å². The van der Waals surface area contributed by atoms with E-state index in [0.29, 0.717) is 23.9 Å². The number of nitrogens with zero attached hydrogens (tertiary/aromatic N) is 1. The van der Waals surface area contributed by atoms with Gasteiger partial charge in [0.15, 0.2) is 0 Å². The number of phosphoric acid groups is 1. The lowest BCUT2D eigenvalue weighted by Crippen LogP contribution is -2.47. The molecule has 0 heterocycles. The number of nitrogens with one attached hydrogen (secondary N) is 1. The summed E-state index contributed by atoms with van der Waals surface area (Å²) in [7, 11) is 1.47. The highest BCUT2D eigenvalue weighted by atomic mass is 31.2. The van der Waals surface area contributed by atoms with Gasteiger partial charge in [0.05, 0.1) is 33.8 Å². The largest absolute Gasteiger partial charge is 0.472 e. The number of ether oxygens (including phenoxy) is 1. The van der Waals surface area contributed by atoms with Crippen LogP contribution in [-0.4, -0.2) is 74.3 Å². The highest BCUT2D eigenvalue weighted by Crippen LogP contribution is 2.43. The Morgan fingerprint density at radius 2 is 0.914 bits per heavy atom.